The van der Waals surface area contributed by atoms with Crippen LogP contribution in [0.25, 0.3) is 11.5 Å². The molecule has 0 aromatic carbocycles. The third-order valence-electron chi connectivity index (χ3n) is 2.67. The molecule has 0 aliphatic rings. The van der Waals surface area contributed by atoms with Gasteiger partial charge in [-0.3, -0.25) is 9.78 Å². The molecule has 0 aliphatic heterocycles. The van der Waals surface area contributed by atoms with Crippen molar-refractivity contribution in [2.24, 2.45) is 5.41 Å². The molecule has 2 aromatic heterocycles. The smallest absolute Gasteiger partial charge is 0.228 e. The average molecular weight is 274 g/mol. The van der Waals surface area contributed by atoms with Crippen LogP contribution >= 0.6 is 0 Å². The Kier molecular flexibility index (Phi) is 4.12. The van der Waals surface area contributed by atoms with Crippen LogP contribution in [-0.2, 0) is 11.2 Å². The predicted molar refractivity (Wildman–Crippen MR) is 73.7 cm³/mol. The van der Waals surface area contributed by atoms with E-state index in [2.05, 4.69) is 20.4 Å². The molecule has 6 heteroatoms. The van der Waals surface area contributed by atoms with E-state index in [1.807, 2.05) is 39.0 Å². The van der Waals surface area contributed by atoms with Gasteiger partial charge in [0.05, 0.1) is 0 Å². The van der Waals surface area contributed by atoms with E-state index in [4.69, 9.17) is 4.52 Å². The number of nitrogens with one attached hydrogen (secondary N) is 1. The van der Waals surface area contributed by atoms with Crippen molar-refractivity contribution in [1.29, 1.82) is 0 Å². The number of pyridine rings is 1. The molecule has 0 unspecified atom stereocenters. The Morgan fingerprint density at radius 1 is 1.35 bits per heavy atom. The molecule has 2 rings (SSSR count). The van der Waals surface area contributed by atoms with Crippen molar-refractivity contribution in [2.75, 3.05) is 6.54 Å². The van der Waals surface area contributed by atoms with Crippen molar-refractivity contribution in [3.63, 3.8) is 0 Å². The third kappa shape index (κ3) is 3.63. The topological polar surface area (TPSA) is 80.9 Å². The van der Waals surface area contributed by atoms with Crippen LogP contribution < -0.4 is 5.32 Å². The maximum absolute atomic E-state index is 11.7. The summed E-state index contributed by atoms with van der Waals surface area (Å²) in [7, 11) is 0. The summed E-state index contributed by atoms with van der Waals surface area (Å²) in [5, 5.41) is 6.71. The fourth-order valence-corrected chi connectivity index (χ4v) is 1.50. The summed E-state index contributed by atoms with van der Waals surface area (Å²) < 4.78 is 5.13. The van der Waals surface area contributed by atoms with Crippen molar-refractivity contribution in [1.82, 2.24) is 20.4 Å². The van der Waals surface area contributed by atoms with Crippen LogP contribution in [0.1, 0.15) is 26.7 Å². The lowest BCUT2D eigenvalue weighted by atomic mass is 9.96. The molecule has 2 aromatic rings. The summed E-state index contributed by atoms with van der Waals surface area (Å²) in [6.07, 6.45) is 2.18. The van der Waals surface area contributed by atoms with Gasteiger partial charge in [0.25, 0.3) is 0 Å². The fraction of sp³-hybridized carbons (Fsp3) is 0.429. The Bertz CT molecular complexity index is 572. The van der Waals surface area contributed by atoms with Crippen molar-refractivity contribution in [2.45, 2.75) is 27.2 Å². The molecule has 20 heavy (non-hydrogen) atoms. The van der Waals surface area contributed by atoms with Crippen molar-refractivity contribution < 1.29 is 9.32 Å². The van der Waals surface area contributed by atoms with Crippen LogP contribution in [0.3, 0.4) is 0 Å². The monoisotopic (exact) mass is 274 g/mol. The molecule has 0 atom stereocenters. The zero-order chi connectivity index (χ0) is 14.6. The molecular formula is C14H18N4O2. The highest BCUT2D eigenvalue weighted by atomic mass is 16.5. The molecule has 0 fully saturated rings. The maximum Gasteiger partial charge on any atom is 0.228 e. The Hall–Kier alpha value is -2.24. The molecule has 0 aliphatic carbocycles. The van der Waals surface area contributed by atoms with Gasteiger partial charge in [-0.15, -0.1) is 0 Å². The van der Waals surface area contributed by atoms with Crippen LogP contribution in [0.2, 0.25) is 0 Å². The first-order chi connectivity index (χ1) is 9.47. The van der Waals surface area contributed by atoms with E-state index in [0.29, 0.717) is 30.4 Å². The van der Waals surface area contributed by atoms with Gasteiger partial charge in [-0.25, -0.2) is 0 Å². The van der Waals surface area contributed by atoms with Crippen LogP contribution in [0.5, 0.6) is 0 Å². The second-order valence-electron chi connectivity index (χ2n) is 5.48. The van der Waals surface area contributed by atoms with Gasteiger partial charge in [-0.2, -0.15) is 4.98 Å². The summed E-state index contributed by atoms with van der Waals surface area (Å²) in [5.74, 6) is 0.949. The van der Waals surface area contributed by atoms with E-state index in [9.17, 15) is 4.79 Å². The Balaban J connectivity index is 1.90. The number of carbonyl (C=O) groups excluding carboxylic acids is 1. The normalized spacial score (nSPS) is 11.3. The first kappa shape index (κ1) is 14.2. The van der Waals surface area contributed by atoms with E-state index in [-0.39, 0.29) is 5.91 Å². The van der Waals surface area contributed by atoms with Crippen molar-refractivity contribution >= 4 is 5.91 Å². The summed E-state index contributed by atoms with van der Waals surface area (Å²) in [4.78, 5) is 20.1. The number of hydrogen-bond donors (Lipinski definition) is 1. The third-order valence-corrected chi connectivity index (χ3v) is 2.67. The number of amides is 1. The number of hydrogen-bond acceptors (Lipinski definition) is 5. The number of rotatable bonds is 4. The Labute approximate surface area is 117 Å². The molecular weight excluding hydrogens is 256 g/mol. The van der Waals surface area contributed by atoms with E-state index >= 15 is 0 Å². The molecule has 6 nitrogen and oxygen atoms in total. The van der Waals surface area contributed by atoms with Gasteiger partial charge in [0.2, 0.25) is 17.6 Å². The molecule has 2 heterocycles. The van der Waals surface area contributed by atoms with E-state index in [0.717, 1.165) is 0 Å². The number of nitrogens with zero attached hydrogens (tertiary/aromatic N) is 3. The van der Waals surface area contributed by atoms with Gasteiger partial charge in [0.15, 0.2) is 0 Å². The summed E-state index contributed by atoms with van der Waals surface area (Å²) in [5.41, 5.74) is 0.273. The Morgan fingerprint density at radius 2 is 2.15 bits per heavy atom. The first-order valence-corrected chi connectivity index (χ1v) is 6.49. The summed E-state index contributed by atoms with van der Waals surface area (Å²) in [6, 6.07) is 5.50. The molecule has 0 bridgehead atoms. The minimum absolute atomic E-state index is 0.00182. The van der Waals surface area contributed by atoms with Crippen LogP contribution in [-0.4, -0.2) is 27.6 Å². The Morgan fingerprint density at radius 3 is 2.80 bits per heavy atom. The lowest BCUT2D eigenvalue weighted by Gasteiger charge is -2.16. The molecule has 0 saturated carbocycles. The fourth-order valence-electron chi connectivity index (χ4n) is 1.50. The van der Waals surface area contributed by atoms with E-state index < -0.39 is 5.41 Å². The highest BCUT2D eigenvalue weighted by Gasteiger charge is 2.20. The maximum atomic E-state index is 11.7. The largest absolute Gasteiger partial charge is 0.355 e. The zero-order valence-electron chi connectivity index (χ0n) is 11.9. The van der Waals surface area contributed by atoms with Gasteiger partial charge in [-0.1, -0.05) is 32.0 Å². The first-order valence-electron chi connectivity index (χ1n) is 6.49. The van der Waals surface area contributed by atoms with Crippen molar-refractivity contribution in [3.8, 4) is 11.5 Å². The standard InChI is InChI=1S/C14H18N4O2/c1-14(2,3)13(19)16-9-7-11-17-12(18-20-11)10-6-4-5-8-15-10/h4-6,8H,7,9H2,1-3H3,(H,16,19). The van der Waals surface area contributed by atoms with Gasteiger partial charge in [0, 0.05) is 24.6 Å². The average Bonchev–Trinajstić information content (AvgIpc) is 2.87. The molecule has 0 saturated heterocycles. The second kappa shape index (κ2) is 5.81. The lowest BCUT2D eigenvalue weighted by Crippen LogP contribution is -2.35. The van der Waals surface area contributed by atoms with E-state index in [1.165, 1.54) is 0 Å². The van der Waals surface area contributed by atoms with Crippen LogP contribution in [0.15, 0.2) is 28.9 Å². The highest BCUT2D eigenvalue weighted by molar-refractivity contribution is 5.81. The SMILES string of the molecule is CC(C)(C)C(=O)NCCc1nc(-c2ccccn2)no1. The minimum atomic E-state index is -0.395. The lowest BCUT2D eigenvalue weighted by molar-refractivity contribution is -0.128. The van der Waals surface area contributed by atoms with Crippen molar-refractivity contribution in [3.05, 3.63) is 30.3 Å². The van der Waals surface area contributed by atoms with Gasteiger partial charge in [-0.05, 0) is 12.1 Å². The molecule has 0 spiro atoms. The zero-order valence-corrected chi connectivity index (χ0v) is 11.9. The predicted octanol–water partition coefficient (Wildman–Crippen LogP) is 1.84. The van der Waals surface area contributed by atoms with Gasteiger partial charge >= 0.3 is 0 Å². The second-order valence-corrected chi connectivity index (χ2v) is 5.48. The van der Waals surface area contributed by atoms with Gasteiger partial charge in [0.1, 0.15) is 5.69 Å². The van der Waals surface area contributed by atoms with Gasteiger partial charge < -0.3 is 9.84 Å². The molecule has 1 amide bonds. The summed E-state index contributed by atoms with van der Waals surface area (Å²) >= 11 is 0. The van der Waals surface area contributed by atoms with E-state index in [1.54, 1.807) is 6.20 Å². The number of carbonyl (C=O) groups is 1. The summed E-state index contributed by atoms with van der Waals surface area (Å²) in [6.45, 7) is 6.08. The van der Waals surface area contributed by atoms with Crippen LogP contribution in [0.4, 0.5) is 0 Å². The quantitative estimate of drug-likeness (QED) is 0.920. The molecule has 1 N–H and O–H groups in total. The van der Waals surface area contributed by atoms with Crippen LogP contribution in [0, 0.1) is 5.41 Å². The minimum Gasteiger partial charge on any atom is -0.355 e. The number of aromatic nitrogens is 3. The molecule has 0 radical (unpaired) electrons. The highest BCUT2D eigenvalue weighted by Crippen LogP contribution is 2.13. The molecule has 106 valence electrons.